The first-order chi connectivity index (χ1) is 14.3. The number of nitrogens with zero attached hydrogens (tertiary/aromatic N) is 2. The molecule has 0 bridgehead atoms. The SMILES string of the molecule is Nc1nc2c(c(CN[C@@H]3[C@@H](O)[C@@H](O)[C@@H]4O[C@H]34)cn2C2(O)COC(CO)C2O)c(=O)[nH]1. The Kier molecular flexibility index (Phi) is 4.43. The molecule has 1 aliphatic carbocycles. The zero-order chi connectivity index (χ0) is 21.4. The fourth-order valence-corrected chi connectivity index (χ4v) is 4.49. The number of fused-ring (bicyclic) bond motifs is 2. The lowest BCUT2D eigenvalue weighted by atomic mass is 10.1. The summed E-state index contributed by atoms with van der Waals surface area (Å²) in [6, 6.07) is -0.536. The van der Waals surface area contributed by atoms with Crippen LogP contribution in [0.1, 0.15) is 5.56 Å². The van der Waals surface area contributed by atoms with Crippen LogP contribution in [0.25, 0.3) is 11.0 Å². The molecule has 0 amide bonds. The quantitative estimate of drug-likeness (QED) is 0.214. The summed E-state index contributed by atoms with van der Waals surface area (Å²) in [7, 11) is 0. The van der Waals surface area contributed by atoms with Crippen LogP contribution in [0.15, 0.2) is 11.0 Å². The first-order valence-electron chi connectivity index (χ1n) is 9.54. The van der Waals surface area contributed by atoms with Gasteiger partial charge in [0.1, 0.15) is 36.6 Å². The number of H-pyrrole nitrogens is 1. The number of nitrogens with one attached hydrogen (secondary N) is 2. The van der Waals surface area contributed by atoms with Gasteiger partial charge in [0.15, 0.2) is 11.4 Å². The van der Waals surface area contributed by atoms with Crippen molar-refractivity contribution in [1.29, 1.82) is 0 Å². The van der Waals surface area contributed by atoms with E-state index in [1.54, 1.807) is 0 Å². The second-order valence-electron chi connectivity index (χ2n) is 7.98. The van der Waals surface area contributed by atoms with Crippen LogP contribution < -0.4 is 16.6 Å². The lowest BCUT2D eigenvalue weighted by Gasteiger charge is -2.28. The summed E-state index contributed by atoms with van der Waals surface area (Å²) >= 11 is 0. The molecule has 1 saturated carbocycles. The number of nitrogens with two attached hydrogens (primary N) is 1. The van der Waals surface area contributed by atoms with Crippen LogP contribution in [0.5, 0.6) is 0 Å². The van der Waals surface area contributed by atoms with E-state index in [0.717, 1.165) is 0 Å². The maximum absolute atomic E-state index is 12.6. The normalized spacial score (nSPS) is 40.2. The van der Waals surface area contributed by atoms with E-state index in [-0.39, 0.29) is 36.2 Å². The Bertz CT molecular complexity index is 1040. The fraction of sp³-hybridized carbons (Fsp3) is 0.647. The third-order valence-corrected chi connectivity index (χ3v) is 6.18. The van der Waals surface area contributed by atoms with Crippen molar-refractivity contribution in [3.8, 4) is 0 Å². The Morgan fingerprint density at radius 1 is 1.33 bits per heavy atom. The molecule has 5 rings (SSSR count). The maximum Gasteiger partial charge on any atom is 0.262 e. The van der Waals surface area contributed by atoms with Crippen molar-refractivity contribution in [3.63, 3.8) is 0 Å². The van der Waals surface area contributed by atoms with E-state index in [1.807, 2.05) is 0 Å². The Morgan fingerprint density at radius 3 is 2.73 bits per heavy atom. The Morgan fingerprint density at radius 2 is 2.10 bits per heavy atom. The average Bonchev–Trinajstić information content (AvgIpc) is 3.24. The lowest BCUT2D eigenvalue weighted by molar-refractivity contribution is -0.109. The summed E-state index contributed by atoms with van der Waals surface area (Å²) in [5, 5.41) is 54.2. The van der Waals surface area contributed by atoms with Crippen LogP contribution in [0.2, 0.25) is 0 Å². The highest BCUT2D eigenvalue weighted by Crippen LogP contribution is 2.39. The van der Waals surface area contributed by atoms with Crippen molar-refractivity contribution >= 4 is 17.0 Å². The van der Waals surface area contributed by atoms with Crippen LogP contribution in [-0.2, 0) is 21.7 Å². The smallest absolute Gasteiger partial charge is 0.262 e. The summed E-state index contributed by atoms with van der Waals surface area (Å²) in [5.41, 5.74) is 3.60. The topological polar surface area (TPSA) is 212 Å². The van der Waals surface area contributed by atoms with Gasteiger partial charge in [0.25, 0.3) is 5.56 Å². The van der Waals surface area contributed by atoms with Crippen LogP contribution in [0.4, 0.5) is 5.95 Å². The average molecular weight is 425 g/mol. The standard InChI is InChI=1S/C17H23N5O8/c18-16-20-14-7(15(27)21-16)5(1-19-8-9(24)10(25)12-11(8)30-12)2-22(14)17(28)4-29-6(3-23)13(17)26/h2,6,8-13,19,23-26,28H,1,3-4H2,(H3,18,20,21,27)/t6?,8-,9-,10-,11-,12+,13?,17?/m1/s1. The van der Waals surface area contributed by atoms with Crippen LogP contribution >= 0.6 is 0 Å². The number of aliphatic hydroxyl groups excluding tert-OH is 4. The molecule has 2 aromatic heterocycles. The second-order valence-corrected chi connectivity index (χ2v) is 7.98. The summed E-state index contributed by atoms with van der Waals surface area (Å²) in [6.45, 7) is -0.761. The van der Waals surface area contributed by atoms with Gasteiger partial charge in [0.05, 0.1) is 24.6 Å². The fourth-order valence-electron chi connectivity index (χ4n) is 4.49. The molecule has 3 unspecified atom stereocenters. The first-order valence-corrected chi connectivity index (χ1v) is 9.54. The van der Waals surface area contributed by atoms with Crippen molar-refractivity contribution in [3.05, 3.63) is 22.1 Å². The number of epoxide rings is 1. The van der Waals surface area contributed by atoms with Crippen molar-refractivity contribution in [2.75, 3.05) is 18.9 Å². The minimum Gasteiger partial charge on any atom is -0.394 e. The van der Waals surface area contributed by atoms with E-state index in [2.05, 4.69) is 15.3 Å². The van der Waals surface area contributed by atoms with Gasteiger partial charge in [-0.3, -0.25) is 14.3 Å². The van der Waals surface area contributed by atoms with Crippen molar-refractivity contribution in [2.24, 2.45) is 0 Å². The number of nitrogen functional groups attached to an aromatic ring is 1. The molecule has 2 aliphatic heterocycles. The van der Waals surface area contributed by atoms with E-state index in [9.17, 15) is 30.3 Å². The number of aromatic amines is 1. The number of hydrogen-bond donors (Lipinski definition) is 8. The minimum atomic E-state index is -1.98. The van der Waals surface area contributed by atoms with Gasteiger partial charge in [-0.25, -0.2) is 0 Å². The summed E-state index contributed by atoms with van der Waals surface area (Å²) in [5.74, 6) is -0.175. The molecule has 13 heteroatoms. The zero-order valence-electron chi connectivity index (χ0n) is 15.7. The number of hydrogen-bond acceptors (Lipinski definition) is 11. The minimum absolute atomic E-state index is 0.0318. The summed E-state index contributed by atoms with van der Waals surface area (Å²) < 4.78 is 11.8. The molecule has 8 atom stereocenters. The van der Waals surface area contributed by atoms with Gasteiger partial charge >= 0.3 is 0 Å². The molecule has 0 radical (unpaired) electrons. The molecule has 3 aliphatic rings. The zero-order valence-corrected chi connectivity index (χ0v) is 15.7. The molecule has 164 valence electrons. The van der Waals surface area contributed by atoms with Crippen LogP contribution in [0.3, 0.4) is 0 Å². The van der Waals surface area contributed by atoms with Crippen LogP contribution in [0, 0.1) is 0 Å². The molecule has 0 spiro atoms. The van der Waals surface area contributed by atoms with Gasteiger partial charge in [0.2, 0.25) is 5.95 Å². The van der Waals surface area contributed by atoms with Gasteiger partial charge in [-0.15, -0.1) is 0 Å². The van der Waals surface area contributed by atoms with E-state index in [4.69, 9.17) is 15.2 Å². The third kappa shape index (κ3) is 2.72. The van der Waals surface area contributed by atoms with Crippen molar-refractivity contribution in [2.45, 2.75) is 54.9 Å². The summed E-state index contributed by atoms with van der Waals surface area (Å²) in [6.07, 6.45) is -3.79. The largest absolute Gasteiger partial charge is 0.394 e. The first kappa shape index (κ1) is 19.8. The number of aliphatic hydroxyl groups is 5. The Labute approximate surface area is 168 Å². The molecule has 30 heavy (non-hydrogen) atoms. The highest BCUT2D eigenvalue weighted by molar-refractivity contribution is 5.80. The van der Waals surface area contributed by atoms with Gasteiger partial charge in [-0.2, -0.15) is 4.98 Å². The Hall–Kier alpha value is -2.10. The number of anilines is 1. The molecule has 3 fully saturated rings. The van der Waals surface area contributed by atoms with Crippen molar-refractivity contribution in [1.82, 2.24) is 19.9 Å². The molecule has 2 aromatic rings. The van der Waals surface area contributed by atoms with E-state index < -0.39 is 54.5 Å². The second kappa shape index (κ2) is 6.70. The van der Waals surface area contributed by atoms with Gasteiger partial charge in [-0.1, -0.05) is 0 Å². The lowest BCUT2D eigenvalue weighted by Crippen LogP contribution is -2.47. The predicted molar refractivity (Wildman–Crippen MR) is 99.1 cm³/mol. The highest BCUT2D eigenvalue weighted by atomic mass is 16.6. The predicted octanol–water partition coefficient (Wildman–Crippen LogP) is -4.34. The van der Waals surface area contributed by atoms with E-state index >= 15 is 0 Å². The molecular formula is C17H23N5O8. The van der Waals surface area contributed by atoms with Gasteiger partial charge in [0, 0.05) is 12.7 Å². The highest BCUT2D eigenvalue weighted by Gasteiger charge is 2.61. The third-order valence-electron chi connectivity index (χ3n) is 6.18. The number of aromatic nitrogens is 3. The van der Waals surface area contributed by atoms with Gasteiger partial charge in [-0.05, 0) is 5.56 Å². The molecular weight excluding hydrogens is 402 g/mol. The van der Waals surface area contributed by atoms with E-state index in [0.29, 0.717) is 5.56 Å². The Balaban J connectivity index is 1.53. The number of rotatable bonds is 5. The summed E-state index contributed by atoms with van der Waals surface area (Å²) in [4.78, 5) is 19.1. The molecule has 13 nitrogen and oxygen atoms in total. The maximum atomic E-state index is 12.6. The van der Waals surface area contributed by atoms with E-state index in [1.165, 1.54) is 10.8 Å². The molecule has 4 heterocycles. The molecule has 0 aromatic carbocycles. The molecule has 9 N–H and O–H groups in total. The number of ether oxygens (including phenoxy) is 2. The van der Waals surface area contributed by atoms with Gasteiger partial charge < -0.3 is 46.1 Å². The monoisotopic (exact) mass is 425 g/mol. The molecule has 2 saturated heterocycles. The van der Waals surface area contributed by atoms with Crippen molar-refractivity contribution < 1.29 is 35.0 Å². The van der Waals surface area contributed by atoms with Crippen LogP contribution in [-0.4, -0.2) is 95.9 Å².